The number of ether oxygens (including phenoxy) is 1. The van der Waals surface area contributed by atoms with Crippen LogP contribution in [0.5, 0.6) is 0 Å². The van der Waals surface area contributed by atoms with Crippen molar-refractivity contribution in [3.05, 3.63) is 46.0 Å². The number of amides is 1. The maximum atomic E-state index is 12.4. The third-order valence-electron chi connectivity index (χ3n) is 4.15. The first kappa shape index (κ1) is 16.6. The molecule has 24 heavy (non-hydrogen) atoms. The number of fused-ring (bicyclic) bond motifs is 1. The molecule has 7 nitrogen and oxygen atoms in total. The lowest BCUT2D eigenvalue weighted by Gasteiger charge is -2.26. The Morgan fingerprint density at radius 3 is 2.96 bits per heavy atom. The molecule has 7 heteroatoms. The second-order valence-corrected chi connectivity index (χ2v) is 5.97. The van der Waals surface area contributed by atoms with E-state index in [1.165, 1.54) is 10.6 Å². The van der Waals surface area contributed by atoms with Crippen LogP contribution in [0.15, 0.2) is 29.3 Å². The molecule has 1 amide bonds. The van der Waals surface area contributed by atoms with Crippen LogP contribution in [0.4, 0.5) is 0 Å². The van der Waals surface area contributed by atoms with E-state index >= 15 is 0 Å². The highest BCUT2D eigenvalue weighted by molar-refractivity contribution is 5.93. The van der Waals surface area contributed by atoms with Gasteiger partial charge in [-0.15, -0.1) is 0 Å². The Hall–Kier alpha value is -2.25. The summed E-state index contributed by atoms with van der Waals surface area (Å²) in [4.78, 5) is 31.1. The van der Waals surface area contributed by atoms with E-state index in [1.54, 1.807) is 6.20 Å². The highest BCUT2D eigenvalue weighted by Gasteiger charge is 2.13. The standard InChI is InChI=1S/C17H22N4O3/c1-13-3-6-21-15(11-13)19-12-14(17(21)23)16(22)18-4-2-5-20-7-9-24-10-8-20/h3,6,11-12H,2,4-5,7-10H2,1H3,(H,18,22). The van der Waals surface area contributed by atoms with Crippen molar-refractivity contribution in [1.29, 1.82) is 0 Å². The summed E-state index contributed by atoms with van der Waals surface area (Å²) in [6, 6.07) is 3.63. The van der Waals surface area contributed by atoms with Gasteiger partial charge in [-0.25, -0.2) is 4.98 Å². The molecule has 3 heterocycles. The van der Waals surface area contributed by atoms with E-state index in [2.05, 4.69) is 15.2 Å². The normalized spacial score (nSPS) is 15.5. The Morgan fingerprint density at radius 2 is 2.17 bits per heavy atom. The number of pyridine rings is 1. The summed E-state index contributed by atoms with van der Waals surface area (Å²) in [7, 11) is 0. The molecular weight excluding hydrogens is 308 g/mol. The van der Waals surface area contributed by atoms with Crippen LogP contribution in [-0.4, -0.2) is 59.6 Å². The van der Waals surface area contributed by atoms with E-state index in [9.17, 15) is 9.59 Å². The molecule has 0 saturated carbocycles. The fourth-order valence-corrected chi connectivity index (χ4v) is 2.76. The van der Waals surface area contributed by atoms with Gasteiger partial charge in [-0.05, 0) is 37.6 Å². The topological polar surface area (TPSA) is 75.9 Å². The van der Waals surface area contributed by atoms with Crippen LogP contribution in [0.3, 0.4) is 0 Å². The zero-order valence-corrected chi connectivity index (χ0v) is 13.8. The first-order valence-corrected chi connectivity index (χ1v) is 8.21. The van der Waals surface area contributed by atoms with E-state index in [0.717, 1.165) is 44.8 Å². The molecule has 2 aromatic heterocycles. The summed E-state index contributed by atoms with van der Waals surface area (Å²) in [5.41, 5.74) is 1.29. The van der Waals surface area contributed by atoms with E-state index in [-0.39, 0.29) is 17.0 Å². The van der Waals surface area contributed by atoms with Gasteiger partial charge >= 0.3 is 0 Å². The fraction of sp³-hybridized carbons (Fsp3) is 0.471. The molecule has 2 aromatic rings. The van der Waals surface area contributed by atoms with Crippen molar-refractivity contribution >= 4 is 11.6 Å². The quantitative estimate of drug-likeness (QED) is 0.806. The third kappa shape index (κ3) is 3.80. The first-order chi connectivity index (χ1) is 11.6. The molecule has 1 saturated heterocycles. The van der Waals surface area contributed by atoms with Gasteiger partial charge in [0.1, 0.15) is 11.2 Å². The van der Waals surface area contributed by atoms with E-state index in [4.69, 9.17) is 4.74 Å². The number of nitrogens with one attached hydrogen (secondary N) is 1. The van der Waals surface area contributed by atoms with Gasteiger partial charge in [-0.3, -0.25) is 18.9 Å². The maximum Gasteiger partial charge on any atom is 0.270 e. The minimum Gasteiger partial charge on any atom is -0.379 e. The highest BCUT2D eigenvalue weighted by Crippen LogP contribution is 2.02. The number of carbonyl (C=O) groups is 1. The van der Waals surface area contributed by atoms with Crippen molar-refractivity contribution in [2.24, 2.45) is 0 Å². The van der Waals surface area contributed by atoms with Gasteiger partial charge < -0.3 is 10.1 Å². The monoisotopic (exact) mass is 330 g/mol. The number of hydrogen-bond acceptors (Lipinski definition) is 5. The number of hydrogen-bond donors (Lipinski definition) is 1. The molecule has 1 N–H and O–H groups in total. The van der Waals surface area contributed by atoms with Crippen molar-refractivity contribution in [2.45, 2.75) is 13.3 Å². The first-order valence-electron chi connectivity index (χ1n) is 8.21. The molecule has 1 aliphatic rings. The summed E-state index contributed by atoms with van der Waals surface area (Å²) in [6.45, 7) is 6.79. The molecule has 1 aliphatic heterocycles. The largest absolute Gasteiger partial charge is 0.379 e. The predicted octanol–water partition coefficient (Wildman–Crippen LogP) is 0.455. The van der Waals surface area contributed by atoms with Gasteiger partial charge in [0.25, 0.3) is 11.5 Å². The summed E-state index contributed by atoms with van der Waals surface area (Å²) in [5.74, 6) is -0.371. The average Bonchev–Trinajstić information content (AvgIpc) is 2.59. The fourth-order valence-electron chi connectivity index (χ4n) is 2.76. The van der Waals surface area contributed by atoms with Crippen LogP contribution < -0.4 is 10.9 Å². The summed E-state index contributed by atoms with van der Waals surface area (Å²) >= 11 is 0. The van der Waals surface area contributed by atoms with Crippen molar-refractivity contribution in [2.75, 3.05) is 39.4 Å². The summed E-state index contributed by atoms with van der Waals surface area (Å²) in [6.07, 6.45) is 3.84. The lowest BCUT2D eigenvalue weighted by Crippen LogP contribution is -2.38. The van der Waals surface area contributed by atoms with Gasteiger partial charge in [0.15, 0.2) is 0 Å². The zero-order valence-electron chi connectivity index (χ0n) is 13.8. The Kier molecular flexibility index (Phi) is 5.22. The van der Waals surface area contributed by atoms with Crippen LogP contribution in [-0.2, 0) is 4.74 Å². The predicted molar refractivity (Wildman–Crippen MR) is 90.4 cm³/mol. The van der Waals surface area contributed by atoms with Crippen LogP contribution in [0.1, 0.15) is 22.3 Å². The number of carbonyl (C=O) groups excluding carboxylic acids is 1. The number of aryl methyl sites for hydroxylation is 1. The van der Waals surface area contributed by atoms with E-state index in [0.29, 0.717) is 12.2 Å². The highest BCUT2D eigenvalue weighted by atomic mass is 16.5. The third-order valence-corrected chi connectivity index (χ3v) is 4.15. The lowest BCUT2D eigenvalue weighted by molar-refractivity contribution is 0.0374. The van der Waals surface area contributed by atoms with Crippen LogP contribution >= 0.6 is 0 Å². The van der Waals surface area contributed by atoms with Gasteiger partial charge in [0, 0.05) is 32.0 Å². The second kappa shape index (κ2) is 7.55. The van der Waals surface area contributed by atoms with Gasteiger partial charge in [-0.2, -0.15) is 0 Å². The molecule has 0 atom stereocenters. The second-order valence-electron chi connectivity index (χ2n) is 5.97. The minimum absolute atomic E-state index is 0.0720. The summed E-state index contributed by atoms with van der Waals surface area (Å²) < 4.78 is 6.70. The number of nitrogens with zero attached hydrogens (tertiary/aromatic N) is 3. The Balaban J connectivity index is 1.58. The van der Waals surface area contributed by atoms with Gasteiger partial charge in [0.2, 0.25) is 0 Å². The lowest BCUT2D eigenvalue weighted by atomic mass is 10.2. The van der Waals surface area contributed by atoms with Crippen LogP contribution in [0.2, 0.25) is 0 Å². The van der Waals surface area contributed by atoms with E-state index in [1.807, 2.05) is 19.1 Å². The van der Waals surface area contributed by atoms with Crippen LogP contribution in [0.25, 0.3) is 5.65 Å². The Bertz CT molecular complexity index is 781. The van der Waals surface area contributed by atoms with Crippen molar-refractivity contribution in [1.82, 2.24) is 19.6 Å². The molecular formula is C17H22N4O3. The number of aromatic nitrogens is 2. The smallest absolute Gasteiger partial charge is 0.270 e. The maximum absolute atomic E-state index is 12.4. The molecule has 0 spiro atoms. The Morgan fingerprint density at radius 1 is 1.38 bits per heavy atom. The summed E-state index contributed by atoms with van der Waals surface area (Å²) in [5, 5.41) is 2.81. The van der Waals surface area contributed by atoms with Crippen LogP contribution in [0, 0.1) is 6.92 Å². The minimum atomic E-state index is -0.371. The van der Waals surface area contributed by atoms with Gasteiger partial charge in [-0.1, -0.05) is 0 Å². The number of morpholine rings is 1. The zero-order chi connectivity index (χ0) is 16.9. The molecule has 0 radical (unpaired) electrons. The average molecular weight is 330 g/mol. The number of rotatable bonds is 5. The Labute approximate surface area is 140 Å². The molecule has 1 fully saturated rings. The molecule has 3 rings (SSSR count). The van der Waals surface area contributed by atoms with Crippen molar-refractivity contribution in [3.63, 3.8) is 0 Å². The van der Waals surface area contributed by atoms with E-state index < -0.39 is 0 Å². The molecule has 0 aromatic carbocycles. The SMILES string of the molecule is Cc1ccn2c(=O)c(C(=O)NCCCN3CCOCC3)cnc2c1. The van der Waals surface area contributed by atoms with Crippen molar-refractivity contribution in [3.8, 4) is 0 Å². The van der Waals surface area contributed by atoms with Crippen molar-refractivity contribution < 1.29 is 9.53 Å². The molecule has 0 unspecified atom stereocenters. The molecule has 128 valence electrons. The van der Waals surface area contributed by atoms with Gasteiger partial charge in [0.05, 0.1) is 13.2 Å². The molecule has 0 aliphatic carbocycles. The molecule has 0 bridgehead atoms.